The summed E-state index contributed by atoms with van der Waals surface area (Å²) in [7, 11) is 0. The molecular formula is C11H11FN2. The second-order valence-electron chi connectivity index (χ2n) is 3.44. The van der Waals surface area contributed by atoms with Crippen LogP contribution in [0.3, 0.4) is 0 Å². The molecule has 72 valence electrons. The van der Waals surface area contributed by atoms with Crippen molar-refractivity contribution < 1.29 is 4.39 Å². The number of hydrogen-bond acceptors (Lipinski definition) is 2. The zero-order chi connectivity index (χ0) is 10.3. The van der Waals surface area contributed by atoms with Crippen LogP contribution in [-0.4, -0.2) is 4.98 Å². The van der Waals surface area contributed by atoms with Gasteiger partial charge in [-0.2, -0.15) is 0 Å². The van der Waals surface area contributed by atoms with Crippen LogP contribution in [0.4, 0.5) is 10.1 Å². The average Bonchev–Trinajstić information content (AvgIpc) is 2.10. The number of pyridine rings is 1. The Morgan fingerprint density at radius 1 is 1.29 bits per heavy atom. The van der Waals surface area contributed by atoms with Gasteiger partial charge in [0.15, 0.2) is 0 Å². The van der Waals surface area contributed by atoms with Gasteiger partial charge in [-0.3, -0.25) is 4.98 Å². The van der Waals surface area contributed by atoms with Crippen molar-refractivity contribution in [2.75, 3.05) is 5.73 Å². The van der Waals surface area contributed by atoms with Crippen LogP contribution in [0.25, 0.3) is 10.9 Å². The third kappa shape index (κ3) is 1.21. The van der Waals surface area contributed by atoms with Crippen LogP contribution in [0.5, 0.6) is 0 Å². The third-order valence-corrected chi connectivity index (χ3v) is 2.27. The topological polar surface area (TPSA) is 38.9 Å². The number of fused-ring (bicyclic) bond motifs is 1. The number of rotatable bonds is 0. The maximum absolute atomic E-state index is 13.4. The van der Waals surface area contributed by atoms with Crippen LogP contribution in [-0.2, 0) is 0 Å². The van der Waals surface area contributed by atoms with Gasteiger partial charge in [-0.15, -0.1) is 0 Å². The standard InChI is InChI=1S/C11H11FN2/c1-6-3-4-8(12)10-9(13)5-7(2)14-11(6)10/h3-5H,1-2H3,(H2,13,14). The van der Waals surface area contributed by atoms with Crippen LogP contribution < -0.4 is 5.73 Å². The summed E-state index contributed by atoms with van der Waals surface area (Å²) in [6.45, 7) is 3.74. The predicted molar refractivity (Wildman–Crippen MR) is 55.6 cm³/mol. The highest BCUT2D eigenvalue weighted by molar-refractivity contribution is 5.92. The Kier molecular flexibility index (Phi) is 1.88. The van der Waals surface area contributed by atoms with Gasteiger partial charge in [0.1, 0.15) is 5.82 Å². The first-order valence-electron chi connectivity index (χ1n) is 4.41. The van der Waals surface area contributed by atoms with Crippen molar-refractivity contribution in [2.24, 2.45) is 0 Å². The van der Waals surface area contributed by atoms with Crippen molar-refractivity contribution in [3.05, 3.63) is 35.3 Å². The zero-order valence-corrected chi connectivity index (χ0v) is 8.13. The van der Waals surface area contributed by atoms with Crippen LogP contribution in [0, 0.1) is 19.7 Å². The van der Waals surface area contributed by atoms with E-state index in [-0.39, 0.29) is 5.82 Å². The van der Waals surface area contributed by atoms with E-state index in [1.807, 2.05) is 13.8 Å². The number of aromatic nitrogens is 1. The summed E-state index contributed by atoms with van der Waals surface area (Å²) in [5, 5.41) is 0.426. The highest BCUT2D eigenvalue weighted by Crippen LogP contribution is 2.25. The lowest BCUT2D eigenvalue weighted by Crippen LogP contribution is -1.96. The van der Waals surface area contributed by atoms with Gasteiger partial charge in [-0.25, -0.2) is 4.39 Å². The van der Waals surface area contributed by atoms with E-state index in [0.29, 0.717) is 16.6 Å². The fraction of sp³-hybridized carbons (Fsp3) is 0.182. The van der Waals surface area contributed by atoms with Gasteiger partial charge in [0, 0.05) is 11.4 Å². The van der Waals surface area contributed by atoms with Crippen molar-refractivity contribution in [2.45, 2.75) is 13.8 Å². The molecule has 2 N–H and O–H groups in total. The van der Waals surface area contributed by atoms with E-state index >= 15 is 0 Å². The Balaban J connectivity index is 3.00. The molecule has 0 spiro atoms. The molecule has 1 aromatic heterocycles. The van der Waals surface area contributed by atoms with E-state index in [0.717, 1.165) is 11.3 Å². The summed E-state index contributed by atoms with van der Waals surface area (Å²) in [5.74, 6) is -0.310. The number of halogens is 1. The molecule has 0 amide bonds. The minimum Gasteiger partial charge on any atom is -0.398 e. The van der Waals surface area contributed by atoms with E-state index in [1.54, 1.807) is 12.1 Å². The second kappa shape index (κ2) is 2.94. The Bertz CT molecular complexity index is 506. The first-order valence-corrected chi connectivity index (χ1v) is 4.41. The quantitative estimate of drug-likeness (QED) is 0.693. The Labute approximate surface area is 81.6 Å². The van der Waals surface area contributed by atoms with Gasteiger partial charge in [0.05, 0.1) is 10.9 Å². The number of anilines is 1. The first-order chi connectivity index (χ1) is 6.59. The van der Waals surface area contributed by atoms with E-state index in [1.165, 1.54) is 6.07 Å². The number of aryl methyl sites for hydroxylation is 2. The fourth-order valence-corrected chi connectivity index (χ4v) is 1.60. The minimum absolute atomic E-state index is 0.310. The Hall–Kier alpha value is -1.64. The minimum atomic E-state index is -0.310. The number of nitrogens with zero attached hydrogens (tertiary/aromatic N) is 1. The molecule has 0 aliphatic carbocycles. The van der Waals surface area contributed by atoms with E-state index in [9.17, 15) is 4.39 Å². The highest BCUT2D eigenvalue weighted by atomic mass is 19.1. The molecular weight excluding hydrogens is 179 g/mol. The molecule has 2 aromatic rings. The van der Waals surface area contributed by atoms with Gasteiger partial charge < -0.3 is 5.73 Å². The molecule has 3 heteroatoms. The molecule has 2 rings (SSSR count). The fourth-order valence-electron chi connectivity index (χ4n) is 1.60. The molecule has 0 radical (unpaired) electrons. The van der Waals surface area contributed by atoms with E-state index < -0.39 is 0 Å². The van der Waals surface area contributed by atoms with Crippen molar-refractivity contribution in [3.63, 3.8) is 0 Å². The summed E-state index contributed by atoms with van der Waals surface area (Å²) in [6, 6.07) is 4.82. The lowest BCUT2D eigenvalue weighted by Gasteiger charge is -2.06. The average molecular weight is 190 g/mol. The number of benzene rings is 1. The number of hydrogen-bond donors (Lipinski definition) is 1. The van der Waals surface area contributed by atoms with Gasteiger partial charge in [-0.1, -0.05) is 6.07 Å². The summed E-state index contributed by atoms with van der Waals surface area (Å²) in [6.07, 6.45) is 0. The van der Waals surface area contributed by atoms with E-state index in [4.69, 9.17) is 5.73 Å². The summed E-state index contributed by atoms with van der Waals surface area (Å²) >= 11 is 0. The molecule has 0 bridgehead atoms. The van der Waals surface area contributed by atoms with E-state index in [2.05, 4.69) is 4.98 Å². The molecule has 0 saturated heterocycles. The summed E-state index contributed by atoms with van der Waals surface area (Å²) in [5.41, 5.74) is 8.60. The van der Waals surface area contributed by atoms with Crippen LogP contribution in [0.1, 0.15) is 11.3 Å². The normalized spacial score (nSPS) is 10.8. The molecule has 2 nitrogen and oxygen atoms in total. The van der Waals surface area contributed by atoms with Crippen molar-refractivity contribution in [3.8, 4) is 0 Å². The molecule has 0 unspecified atom stereocenters. The third-order valence-electron chi connectivity index (χ3n) is 2.27. The monoisotopic (exact) mass is 190 g/mol. The largest absolute Gasteiger partial charge is 0.398 e. The van der Waals surface area contributed by atoms with Gasteiger partial charge in [0.2, 0.25) is 0 Å². The molecule has 0 aliphatic rings. The molecule has 1 aromatic carbocycles. The molecule has 0 fully saturated rings. The lowest BCUT2D eigenvalue weighted by molar-refractivity contribution is 0.639. The number of nitrogens with two attached hydrogens (primary N) is 1. The molecule has 0 aliphatic heterocycles. The van der Waals surface area contributed by atoms with Crippen molar-refractivity contribution in [1.29, 1.82) is 0 Å². The molecule has 1 heterocycles. The van der Waals surface area contributed by atoms with Crippen molar-refractivity contribution >= 4 is 16.6 Å². The van der Waals surface area contributed by atoms with Crippen molar-refractivity contribution in [1.82, 2.24) is 4.98 Å². The predicted octanol–water partition coefficient (Wildman–Crippen LogP) is 2.57. The van der Waals surface area contributed by atoms with Crippen LogP contribution >= 0.6 is 0 Å². The van der Waals surface area contributed by atoms with Gasteiger partial charge >= 0.3 is 0 Å². The summed E-state index contributed by atoms with van der Waals surface area (Å²) < 4.78 is 13.4. The molecule has 14 heavy (non-hydrogen) atoms. The van der Waals surface area contributed by atoms with Gasteiger partial charge in [0.25, 0.3) is 0 Å². The SMILES string of the molecule is Cc1cc(N)c2c(F)ccc(C)c2n1. The smallest absolute Gasteiger partial charge is 0.134 e. The van der Waals surface area contributed by atoms with Crippen LogP contribution in [0.15, 0.2) is 18.2 Å². The second-order valence-corrected chi connectivity index (χ2v) is 3.44. The maximum atomic E-state index is 13.4. The lowest BCUT2D eigenvalue weighted by atomic mass is 10.1. The Morgan fingerprint density at radius 3 is 2.71 bits per heavy atom. The number of nitrogen functional groups attached to an aromatic ring is 1. The summed E-state index contributed by atoms with van der Waals surface area (Å²) in [4.78, 5) is 4.28. The molecule has 0 atom stereocenters. The van der Waals surface area contributed by atoms with Gasteiger partial charge in [-0.05, 0) is 31.5 Å². The maximum Gasteiger partial charge on any atom is 0.134 e. The zero-order valence-electron chi connectivity index (χ0n) is 8.13. The van der Waals surface area contributed by atoms with Crippen LogP contribution in [0.2, 0.25) is 0 Å². The Morgan fingerprint density at radius 2 is 2.00 bits per heavy atom. The molecule has 0 saturated carbocycles. The first kappa shape index (κ1) is 8.94. The highest BCUT2D eigenvalue weighted by Gasteiger charge is 2.08.